The van der Waals surface area contributed by atoms with E-state index in [4.69, 9.17) is 4.74 Å². The fourth-order valence-electron chi connectivity index (χ4n) is 9.57. The zero-order valence-electron chi connectivity index (χ0n) is 22.3. The molecule has 0 heterocycles. The highest BCUT2D eigenvalue weighted by Gasteiger charge is 2.67. The van der Waals surface area contributed by atoms with E-state index in [1.54, 1.807) is 0 Å². The van der Waals surface area contributed by atoms with Gasteiger partial charge in [-0.15, -0.1) is 0 Å². The second-order valence-corrected chi connectivity index (χ2v) is 13.4. The number of rotatable bonds is 7. The maximum atomic E-state index is 11.6. The number of aliphatic hydroxyl groups excluding tert-OH is 2. The number of fused-ring (bicyclic) bond motifs is 5. The molecule has 0 aromatic heterocycles. The van der Waals surface area contributed by atoms with Crippen LogP contribution in [0.1, 0.15) is 105 Å². The van der Waals surface area contributed by atoms with Crippen LogP contribution in [0.25, 0.3) is 0 Å². The van der Waals surface area contributed by atoms with E-state index in [2.05, 4.69) is 27.7 Å². The summed E-state index contributed by atoms with van der Waals surface area (Å²) in [6.45, 7) is 11.4. The molecule has 0 amide bonds. The van der Waals surface area contributed by atoms with E-state index in [1.807, 2.05) is 0 Å². The smallest absolute Gasteiger partial charge is 0.302 e. The van der Waals surface area contributed by atoms with Gasteiger partial charge in [-0.1, -0.05) is 40.5 Å². The molecule has 11 atom stereocenters. The van der Waals surface area contributed by atoms with Crippen LogP contribution in [-0.2, 0) is 9.53 Å². The highest BCUT2D eigenvalue weighted by atomic mass is 16.5. The van der Waals surface area contributed by atoms with Crippen LogP contribution in [0.2, 0.25) is 0 Å². The minimum atomic E-state index is -1.15. The lowest BCUT2D eigenvalue weighted by atomic mass is 9.42. The number of ether oxygens (including phenoxy) is 1. The number of aliphatic hydroxyl groups is 3. The van der Waals surface area contributed by atoms with Gasteiger partial charge >= 0.3 is 5.97 Å². The molecule has 0 aliphatic heterocycles. The minimum absolute atomic E-state index is 0.190. The molecule has 0 saturated heterocycles. The first-order valence-electron chi connectivity index (χ1n) is 14.1. The first-order valence-corrected chi connectivity index (χ1v) is 14.1. The van der Waals surface area contributed by atoms with Gasteiger partial charge in [-0.05, 0) is 92.3 Å². The predicted molar refractivity (Wildman–Crippen MR) is 133 cm³/mol. The molecule has 4 aliphatic carbocycles. The molecule has 5 nitrogen and oxygen atoms in total. The van der Waals surface area contributed by atoms with Crippen LogP contribution in [0, 0.1) is 46.3 Å². The largest absolute Gasteiger partial charge is 0.466 e. The number of carbonyl (C=O) groups is 1. The summed E-state index contributed by atoms with van der Waals surface area (Å²) in [4.78, 5) is 11.1. The first-order chi connectivity index (χ1) is 15.9. The lowest BCUT2D eigenvalue weighted by Crippen LogP contribution is -2.68. The second-order valence-electron chi connectivity index (χ2n) is 13.4. The van der Waals surface area contributed by atoms with Gasteiger partial charge in [0.1, 0.15) is 0 Å². The van der Waals surface area contributed by atoms with Crippen molar-refractivity contribution < 1.29 is 24.9 Å². The number of hydrogen-bond acceptors (Lipinski definition) is 5. The minimum Gasteiger partial charge on any atom is -0.466 e. The number of carbonyl (C=O) groups excluding carboxylic acids is 1. The van der Waals surface area contributed by atoms with Crippen molar-refractivity contribution in [1.29, 1.82) is 0 Å². The molecule has 0 radical (unpaired) electrons. The van der Waals surface area contributed by atoms with Gasteiger partial charge in [0.15, 0.2) is 0 Å². The zero-order chi connectivity index (χ0) is 24.9. The zero-order valence-corrected chi connectivity index (χ0v) is 22.3. The molecule has 0 aromatic carbocycles. The lowest BCUT2D eigenvalue weighted by molar-refractivity contribution is -0.264. The van der Waals surface area contributed by atoms with Gasteiger partial charge in [0.05, 0.1) is 24.4 Å². The fourth-order valence-corrected chi connectivity index (χ4v) is 9.57. The summed E-state index contributed by atoms with van der Waals surface area (Å²) in [7, 11) is 0. The molecule has 196 valence electrons. The Labute approximate surface area is 207 Å². The van der Waals surface area contributed by atoms with Crippen molar-refractivity contribution in [3.8, 4) is 0 Å². The summed E-state index contributed by atoms with van der Waals surface area (Å²) in [5.41, 5.74) is -1.12. The van der Waals surface area contributed by atoms with Crippen LogP contribution in [0.4, 0.5) is 0 Å². The van der Waals surface area contributed by atoms with E-state index in [1.165, 1.54) is 39.0 Å². The van der Waals surface area contributed by atoms with Crippen LogP contribution < -0.4 is 0 Å². The highest BCUT2D eigenvalue weighted by Crippen LogP contribution is 2.69. The number of hydrogen-bond donors (Lipinski definition) is 3. The van der Waals surface area contributed by atoms with Gasteiger partial charge in [0, 0.05) is 18.8 Å². The van der Waals surface area contributed by atoms with Gasteiger partial charge in [-0.25, -0.2) is 0 Å². The van der Waals surface area contributed by atoms with Crippen molar-refractivity contribution in [2.75, 3.05) is 6.61 Å². The van der Waals surface area contributed by atoms with E-state index in [-0.39, 0.29) is 11.4 Å². The quantitative estimate of drug-likeness (QED) is 0.443. The average molecular weight is 479 g/mol. The maximum absolute atomic E-state index is 11.6. The molecule has 4 aliphatic rings. The molecule has 5 heteroatoms. The Morgan fingerprint density at radius 1 is 1.03 bits per heavy atom. The summed E-state index contributed by atoms with van der Waals surface area (Å²) in [5.74, 6) is 3.18. The van der Waals surface area contributed by atoms with Gasteiger partial charge < -0.3 is 20.1 Å². The molecule has 0 bridgehead atoms. The van der Waals surface area contributed by atoms with Crippen molar-refractivity contribution in [3.05, 3.63) is 0 Å². The maximum Gasteiger partial charge on any atom is 0.302 e. The summed E-state index contributed by atoms with van der Waals surface area (Å²) < 4.78 is 5.17. The lowest BCUT2D eigenvalue weighted by Gasteiger charge is -2.65. The first kappa shape index (κ1) is 26.4. The molecule has 0 spiro atoms. The van der Waals surface area contributed by atoms with Crippen molar-refractivity contribution in [3.63, 3.8) is 0 Å². The molecule has 0 aromatic rings. The van der Waals surface area contributed by atoms with Crippen molar-refractivity contribution in [2.24, 2.45) is 46.3 Å². The van der Waals surface area contributed by atoms with Gasteiger partial charge in [-0.3, -0.25) is 4.79 Å². The highest BCUT2D eigenvalue weighted by molar-refractivity contribution is 5.65. The van der Waals surface area contributed by atoms with Gasteiger partial charge in [0.2, 0.25) is 0 Å². The van der Waals surface area contributed by atoms with Crippen LogP contribution in [0.15, 0.2) is 0 Å². The van der Waals surface area contributed by atoms with E-state index < -0.39 is 17.8 Å². The van der Waals surface area contributed by atoms with E-state index >= 15 is 0 Å². The Balaban J connectivity index is 1.41. The second kappa shape index (κ2) is 9.67. The molecule has 34 heavy (non-hydrogen) atoms. The third-order valence-corrected chi connectivity index (χ3v) is 11.5. The Morgan fingerprint density at radius 3 is 2.47 bits per heavy atom. The Kier molecular flexibility index (Phi) is 7.51. The van der Waals surface area contributed by atoms with Crippen LogP contribution in [-0.4, -0.2) is 45.7 Å². The molecular weight excluding hydrogens is 428 g/mol. The SMILES string of the molecule is CC(=O)OC[C@H](C)CCC[C@@H](C)[C@H]1CC[C@H]2[C@@H]3C[C@@H](O)[C@@]4(O)C[C@@H](O)CC[C@]4(C)[C@H]3CC[C@]12C. The standard InChI is InChI=1S/C29H50O5/c1-18(17-34-20(3)30)7-6-8-19(2)23-9-10-24-22-15-26(32)29(33)16-21(31)11-14-28(29,5)25(22)12-13-27(23,24)4/h18-19,21-26,31-33H,6-17H2,1-5H3/t18-,19-,21+,22+,23-,24+,25+,26-,27-,28-,29+/m1/s1. The van der Waals surface area contributed by atoms with Crippen LogP contribution in [0.5, 0.6) is 0 Å². The topological polar surface area (TPSA) is 87.0 Å². The summed E-state index contributed by atoms with van der Waals surface area (Å²) in [6, 6.07) is 0. The predicted octanol–water partition coefficient (Wildman–Crippen LogP) is 5.10. The van der Waals surface area contributed by atoms with Crippen LogP contribution in [0.3, 0.4) is 0 Å². The molecule has 4 rings (SSSR count). The number of esters is 1. The molecule has 3 N–H and O–H groups in total. The van der Waals surface area contributed by atoms with Crippen molar-refractivity contribution >= 4 is 5.97 Å². The Bertz CT molecular complexity index is 740. The summed E-state index contributed by atoms with van der Waals surface area (Å²) in [6.07, 6.45) is 9.76. The Hall–Kier alpha value is -0.650. The van der Waals surface area contributed by atoms with Crippen LogP contribution >= 0.6 is 0 Å². The van der Waals surface area contributed by atoms with Gasteiger partial charge in [-0.2, -0.15) is 0 Å². The molecule has 4 fully saturated rings. The summed E-state index contributed by atoms with van der Waals surface area (Å²) >= 11 is 0. The monoisotopic (exact) mass is 478 g/mol. The normalized spacial score (nSPS) is 47.8. The van der Waals surface area contributed by atoms with E-state index in [0.717, 1.165) is 31.6 Å². The van der Waals surface area contributed by atoms with Crippen molar-refractivity contribution in [2.45, 2.75) is 123 Å². The van der Waals surface area contributed by atoms with Gasteiger partial charge in [0.25, 0.3) is 0 Å². The molecule has 0 unspecified atom stereocenters. The van der Waals surface area contributed by atoms with Crippen molar-refractivity contribution in [1.82, 2.24) is 0 Å². The Morgan fingerprint density at radius 2 is 1.76 bits per heavy atom. The van der Waals surface area contributed by atoms with E-state index in [0.29, 0.717) is 54.5 Å². The average Bonchev–Trinajstić information content (AvgIpc) is 3.12. The summed E-state index contributed by atoms with van der Waals surface area (Å²) in [5, 5.41) is 33.2. The molecular formula is C29H50O5. The third-order valence-electron chi connectivity index (χ3n) is 11.5. The fraction of sp³-hybridized carbons (Fsp3) is 0.966. The van der Waals surface area contributed by atoms with E-state index in [9.17, 15) is 20.1 Å². The third kappa shape index (κ3) is 4.36. The molecule has 4 saturated carbocycles.